The van der Waals surface area contributed by atoms with Crippen molar-refractivity contribution in [3.8, 4) is 5.75 Å². The number of imidazole rings is 1. The summed E-state index contributed by atoms with van der Waals surface area (Å²) in [5, 5.41) is 3.74. The van der Waals surface area contributed by atoms with Crippen LogP contribution in [-0.4, -0.2) is 22.6 Å². The second-order valence-electron chi connectivity index (χ2n) is 5.71. The van der Waals surface area contributed by atoms with Crippen molar-refractivity contribution in [3.63, 3.8) is 0 Å². The smallest absolute Gasteiger partial charge is 0.252 e. The molecule has 5 nitrogen and oxygen atoms in total. The molecule has 26 heavy (non-hydrogen) atoms. The van der Waals surface area contributed by atoms with Gasteiger partial charge in [0.15, 0.2) is 0 Å². The molecule has 0 spiro atoms. The quantitative estimate of drug-likeness (QED) is 0.709. The number of carbonyl (C=O) groups excluding carboxylic acids is 1. The third-order valence-electron chi connectivity index (χ3n) is 4.00. The molecular formula is C19H17Cl2N3O2. The lowest BCUT2D eigenvalue weighted by atomic mass is 10.0. The standard InChI is InChI=1S/C19H17Cl2N3O2/c1-24-9-8-22-18(24)17(12-4-3-5-14(10-12)26-2)23-19(25)13-6-7-15(20)16(21)11-13/h3-11,17H,1-2H3,(H,23,25)/t17-/m1/s1. The van der Waals surface area contributed by atoms with Crippen LogP contribution in [-0.2, 0) is 7.05 Å². The number of nitrogens with zero attached hydrogens (tertiary/aromatic N) is 2. The lowest BCUT2D eigenvalue weighted by Gasteiger charge is -2.20. The summed E-state index contributed by atoms with van der Waals surface area (Å²) in [6.07, 6.45) is 3.52. The number of aryl methyl sites for hydroxylation is 1. The fourth-order valence-corrected chi connectivity index (χ4v) is 2.92. The zero-order valence-electron chi connectivity index (χ0n) is 14.2. The average Bonchev–Trinajstić information content (AvgIpc) is 3.07. The largest absolute Gasteiger partial charge is 0.497 e. The van der Waals surface area contributed by atoms with E-state index in [0.717, 1.165) is 5.56 Å². The molecule has 2 aromatic carbocycles. The summed E-state index contributed by atoms with van der Waals surface area (Å²) in [6.45, 7) is 0. The first-order valence-electron chi connectivity index (χ1n) is 7.86. The van der Waals surface area contributed by atoms with Gasteiger partial charge in [0.2, 0.25) is 0 Å². The molecule has 1 heterocycles. The predicted molar refractivity (Wildman–Crippen MR) is 102 cm³/mol. The number of carbonyl (C=O) groups is 1. The van der Waals surface area contributed by atoms with Crippen LogP contribution in [0, 0.1) is 0 Å². The Hall–Kier alpha value is -2.50. The van der Waals surface area contributed by atoms with Crippen molar-refractivity contribution in [1.29, 1.82) is 0 Å². The highest BCUT2D eigenvalue weighted by molar-refractivity contribution is 6.42. The monoisotopic (exact) mass is 389 g/mol. The normalized spacial score (nSPS) is 11.8. The molecule has 0 bridgehead atoms. The lowest BCUT2D eigenvalue weighted by Crippen LogP contribution is -2.31. The Balaban J connectivity index is 1.97. The Bertz CT molecular complexity index is 940. The van der Waals surface area contributed by atoms with Crippen LogP contribution in [0.5, 0.6) is 5.75 Å². The summed E-state index contributed by atoms with van der Waals surface area (Å²) in [5.41, 5.74) is 1.27. The van der Waals surface area contributed by atoms with Gasteiger partial charge in [0.05, 0.1) is 17.2 Å². The van der Waals surface area contributed by atoms with Crippen LogP contribution in [0.25, 0.3) is 0 Å². The number of aromatic nitrogens is 2. The van der Waals surface area contributed by atoms with Gasteiger partial charge in [-0.3, -0.25) is 4.79 Å². The molecule has 1 amide bonds. The molecule has 0 fully saturated rings. The van der Waals surface area contributed by atoms with Crippen molar-refractivity contribution >= 4 is 29.1 Å². The third-order valence-corrected chi connectivity index (χ3v) is 4.74. The Morgan fingerprint density at radius 1 is 1.19 bits per heavy atom. The maximum atomic E-state index is 12.8. The minimum Gasteiger partial charge on any atom is -0.497 e. The minimum absolute atomic E-state index is 0.278. The first kappa shape index (κ1) is 18.3. The summed E-state index contributed by atoms with van der Waals surface area (Å²) in [7, 11) is 3.48. The molecule has 0 aliphatic heterocycles. The summed E-state index contributed by atoms with van der Waals surface area (Å²) in [6, 6.07) is 11.8. The number of methoxy groups -OCH3 is 1. The van der Waals surface area contributed by atoms with Gasteiger partial charge in [-0.2, -0.15) is 0 Å². The van der Waals surface area contributed by atoms with Crippen LogP contribution in [0.4, 0.5) is 0 Å². The van der Waals surface area contributed by atoms with Crippen molar-refractivity contribution in [1.82, 2.24) is 14.9 Å². The average molecular weight is 390 g/mol. The van der Waals surface area contributed by atoms with Crippen LogP contribution in [0.1, 0.15) is 27.8 Å². The van der Waals surface area contributed by atoms with Crippen molar-refractivity contribution in [2.24, 2.45) is 7.05 Å². The van der Waals surface area contributed by atoms with Gasteiger partial charge < -0.3 is 14.6 Å². The first-order chi connectivity index (χ1) is 12.5. The molecule has 0 radical (unpaired) electrons. The Kier molecular flexibility index (Phi) is 5.49. The summed E-state index contributed by atoms with van der Waals surface area (Å²) in [5.74, 6) is 1.12. The van der Waals surface area contributed by atoms with E-state index in [1.54, 1.807) is 31.5 Å². The molecule has 7 heteroatoms. The van der Waals surface area contributed by atoms with E-state index in [4.69, 9.17) is 27.9 Å². The molecule has 1 N–H and O–H groups in total. The van der Waals surface area contributed by atoms with Gasteiger partial charge >= 0.3 is 0 Å². The molecule has 0 aliphatic carbocycles. The van der Waals surface area contributed by atoms with Crippen LogP contribution < -0.4 is 10.1 Å². The molecule has 3 aromatic rings. The third kappa shape index (κ3) is 3.84. The van der Waals surface area contributed by atoms with Gasteiger partial charge in [0, 0.05) is 25.0 Å². The van der Waals surface area contributed by atoms with E-state index in [1.807, 2.05) is 42.1 Å². The van der Waals surface area contributed by atoms with Crippen molar-refractivity contribution < 1.29 is 9.53 Å². The fourth-order valence-electron chi connectivity index (χ4n) is 2.63. The summed E-state index contributed by atoms with van der Waals surface area (Å²) >= 11 is 12.0. The number of halogens is 2. The molecule has 134 valence electrons. The zero-order valence-corrected chi connectivity index (χ0v) is 15.8. The number of benzene rings is 2. The van der Waals surface area contributed by atoms with E-state index in [-0.39, 0.29) is 5.91 Å². The van der Waals surface area contributed by atoms with E-state index in [0.29, 0.717) is 27.2 Å². The van der Waals surface area contributed by atoms with Crippen molar-refractivity contribution in [2.45, 2.75) is 6.04 Å². The molecule has 0 saturated heterocycles. The highest BCUT2D eigenvalue weighted by atomic mass is 35.5. The van der Waals surface area contributed by atoms with E-state index in [9.17, 15) is 4.79 Å². The second kappa shape index (κ2) is 7.81. The van der Waals surface area contributed by atoms with E-state index < -0.39 is 6.04 Å². The number of nitrogens with one attached hydrogen (secondary N) is 1. The Morgan fingerprint density at radius 3 is 2.65 bits per heavy atom. The maximum Gasteiger partial charge on any atom is 0.252 e. The van der Waals surface area contributed by atoms with Gasteiger partial charge in [0.1, 0.15) is 17.6 Å². The Labute approximate surface area is 161 Å². The van der Waals surface area contributed by atoms with Gasteiger partial charge in [-0.25, -0.2) is 4.98 Å². The van der Waals surface area contributed by atoms with Crippen LogP contribution in [0.2, 0.25) is 10.0 Å². The molecule has 1 atom stereocenters. The van der Waals surface area contributed by atoms with Crippen molar-refractivity contribution in [3.05, 3.63) is 81.9 Å². The summed E-state index contributed by atoms with van der Waals surface area (Å²) < 4.78 is 7.16. The zero-order chi connectivity index (χ0) is 18.7. The van der Waals surface area contributed by atoms with E-state index >= 15 is 0 Å². The summed E-state index contributed by atoms with van der Waals surface area (Å²) in [4.78, 5) is 17.2. The highest BCUT2D eigenvalue weighted by Crippen LogP contribution is 2.26. The number of ether oxygens (including phenoxy) is 1. The molecule has 1 aromatic heterocycles. The highest BCUT2D eigenvalue weighted by Gasteiger charge is 2.22. The molecular weight excluding hydrogens is 373 g/mol. The predicted octanol–water partition coefficient (Wildman–Crippen LogP) is 4.25. The van der Waals surface area contributed by atoms with Crippen LogP contribution in [0.15, 0.2) is 54.9 Å². The molecule has 0 aliphatic rings. The molecule has 0 unspecified atom stereocenters. The number of rotatable bonds is 5. The topological polar surface area (TPSA) is 56.1 Å². The maximum absolute atomic E-state index is 12.8. The van der Waals surface area contributed by atoms with Crippen molar-refractivity contribution in [2.75, 3.05) is 7.11 Å². The van der Waals surface area contributed by atoms with Gasteiger partial charge in [-0.15, -0.1) is 0 Å². The van der Waals surface area contributed by atoms with Crippen LogP contribution in [0.3, 0.4) is 0 Å². The minimum atomic E-state index is -0.452. The van der Waals surface area contributed by atoms with Gasteiger partial charge in [-0.1, -0.05) is 35.3 Å². The lowest BCUT2D eigenvalue weighted by molar-refractivity contribution is 0.0941. The van der Waals surface area contributed by atoms with Crippen LogP contribution >= 0.6 is 23.2 Å². The van der Waals surface area contributed by atoms with Gasteiger partial charge in [-0.05, 0) is 35.9 Å². The first-order valence-corrected chi connectivity index (χ1v) is 8.62. The number of hydrogen-bond acceptors (Lipinski definition) is 3. The number of amides is 1. The SMILES string of the molecule is COc1cccc([C@@H](NC(=O)c2ccc(Cl)c(Cl)c2)c2nccn2C)c1. The van der Waals surface area contributed by atoms with Gasteiger partial charge in [0.25, 0.3) is 5.91 Å². The number of hydrogen-bond donors (Lipinski definition) is 1. The molecule has 3 rings (SSSR count). The van der Waals surface area contributed by atoms with E-state index in [1.165, 1.54) is 0 Å². The fraction of sp³-hybridized carbons (Fsp3) is 0.158. The van der Waals surface area contributed by atoms with E-state index in [2.05, 4.69) is 10.3 Å². The second-order valence-corrected chi connectivity index (χ2v) is 6.52. The molecule has 0 saturated carbocycles. The Morgan fingerprint density at radius 2 is 2.00 bits per heavy atom.